The van der Waals surface area contributed by atoms with E-state index >= 15 is 0 Å². The van der Waals surface area contributed by atoms with Gasteiger partial charge in [-0.05, 0) is 45.7 Å². The van der Waals surface area contributed by atoms with Gasteiger partial charge in [0, 0.05) is 17.8 Å². The van der Waals surface area contributed by atoms with Gasteiger partial charge in [0.2, 0.25) is 0 Å². The Morgan fingerprint density at radius 1 is 1.29 bits per heavy atom. The maximum absolute atomic E-state index is 5.95. The number of nitrogen functional groups attached to an aromatic ring is 1. The quantitative estimate of drug-likeness (QED) is 0.825. The van der Waals surface area contributed by atoms with E-state index in [1.807, 2.05) is 19.1 Å². The van der Waals surface area contributed by atoms with Crippen molar-refractivity contribution in [3.8, 4) is 0 Å². The molecule has 2 heterocycles. The summed E-state index contributed by atoms with van der Waals surface area (Å²) < 4.78 is 0. The van der Waals surface area contributed by atoms with Crippen molar-refractivity contribution in [3.63, 3.8) is 0 Å². The Morgan fingerprint density at radius 3 is 2.59 bits per heavy atom. The number of hydrogen-bond acceptors (Lipinski definition) is 4. The average molecular weight is 234 g/mol. The zero-order valence-corrected chi connectivity index (χ0v) is 10.9. The molecule has 0 amide bonds. The van der Waals surface area contributed by atoms with E-state index in [2.05, 4.69) is 29.3 Å². The van der Waals surface area contributed by atoms with Crippen LogP contribution in [0.1, 0.15) is 38.8 Å². The van der Waals surface area contributed by atoms with Crippen molar-refractivity contribution < 1.29 is 0 Å². The first-order chi connectivity index (χ1) is 8.08. The van der Waals surface area contributed by atoms with Crippen LogP contribution in [0.15, 0.2) is 12.1 Å². The first-order valence-corrected chi connectivity index (χ1v) is 6.36. The van der Waals surface area contributed by atoms with Crippen LogP contribution in [0.25, 0.3) is 0 Å². The summed E-state index contributed by atoms with van der Waals surface area (Å²) in [6.07, 6.45) is 3.75. The number of nitrogens with one attached hydrogen (secondary N) is 1. The zero-order chi connectivity index (χ0) is 12.4. The lowest BCUT2D eigenvalue weighted by molar-refractivity contribution is 0.135. The molecular weight excluding hydrogens is 212 g/mol. The highest BCUT2D eigenvalue weighted by molar-refractivity contribution is 5.60. The third kappa shape index (κ3) is 2.69. The van der Waals surface area contributed by atoms with Gasteiger partial charge < -0.3 is 11.2 Å². The maximum Gasteiger partial charge on any atom is 0.164 e. The van der Waals surface area contributed by atoms with E-state index in [9.17, 15) is 0 Å². The highest BCUT2D eigenvalue weighted by Crippen LogP contribution is 2.25. The molecule has 94 valence electrons. The van der Waals surface area contributed by atoms with E-state index in [1.54, 1.807) is 0 Å². The topological polar surface area (TPSA) is 54.2 Å². The predicted molar refractivity (Wildman–Crippen MR) is 71.6 cm³/mol. The second kappa shape index (κ2) is 4.92. The van der Waals surface area contributed by atoms with Gasteiger partial charge in [0.15, 0.2) is 5.82 Å². The number of pyridine rings is 1. The highest BCUT2D eigenvalue weighted by atomic mass is 15.5. The van der Waals surface area contributed by atoms with Crippen LogP contribution in [0.5, 0.6) is 0 Å². The van der Waals surface area contributed by atoms with Gasteiger partial charge in [-0.3, -0.25) is 0 Å². The van der Waals surface area contributed by atoms with E-state index in [4.69, 9.17) is 5.73 Å². The van der Waals surface area contributed by atoms with Crippen molar-refractivity contribution in [2.45, 2.75) is 52.1 Å². The maximum atomic E-state index is 5.95. The number of nitrogens with zero attached hydrogens (tertiary/aromatic N) is 2. The zero-order valence-electron chi connectivity index (χ0n) is 10.9. The fraction of sp³-hybridized carbons (Fsp3) is 0.615. The lowest BCUT2D eigenvalue weighted by Gasteiger charge is -2.39. The van der Waals surface area contributed by atoms with Crippen molar-refractivity contribution in [2.24, 2.45) is 0 Å². The van der Waals surface area contributed by atoms with Gasteiger partial charge in [-0.1, -0.05) is 6.42 Å². The number of piperidine rings is 1. The van der Waals surface area contributed by atoms with E-state index in [-0.39, 0.29) is 0 Å². The van der Waals surface area contributed by atoms with E-state index in [1.165, 1.54) is 19.3 Å². The normalized spacial score (nSPS) is 25.8. The predicted octanol–water partition coefficient (Wildman–Crippen LogP) is 2.56. The third-order valence-corrected chi connectivity index (χ3v) is 3.49. The summed E-state index contributed by atoms with van der Waals surface area (Å²) in [6.45, 7) is 6.47. The van der Waals surface area contributed by atoms with Gasteiger partial charge >= 0.3 is 0 Å². The molecule has 0 radical (unpaired) electrons. The summed E-state index contributed by atoms with van der Waals surface area (Å²) in [5.41, 5.74) is 11.0. The molecular formula is C13H22N4. The molecule has 0 aliphatic carbocycles. The van der Waals surface area contributed by atoms with Crippen LogP contribution >= 0.6 is 0 Å². The summed E-state index contributed by atoms with van der Waals surface area (Å²) in [5, 5.41) is 2.28. The molecule has 0 saturated carbocycles. The minimum absolute atomic E-state index is 0.528. The van der Waals surface area contributed by atoms with Crippen LogP contribution in [0.3, 0.4) is 0 Å². The number of aryl methyl sites for hydroxylation is 1. The number of aromatic nitrogens is 1. The lowest BCUT2D eigenvalue weighted by atomic mass is 10.00. The highest BCUT2D eigenvalue weighted by Gasteiger charge is 2.25. The number of anilines is 2. The Labute approximate surface area is 103 Å². The molecule has 1 aromatic heterocycles. The molecule has 2 unspecified atom stereocenters. The van der Waals surface area contributed by atoms with Crippen LogP contribution in [-0.4, -0.2) is 22.1 Å². The number of hydrogen-bond donors (Lipinski definition) is 2. The molecule has 2 rings (SSSR count). The Balaban J connectivity index is 2.16. The first-order valence-electron chi connectivity index (χ1n) is 6.36. The Bertz CT molecular complexity index is 381. The Kier molecular flexibility index (Phi) is 3.52. The van der Waals surface area contributed by atoms with Crippen LogP contribution in [0.2, 0.25) is 0 Å². The molecule has 0 spiro atoms. The largest absolute Gasteiger partial charge is 0.396 e. The molecule has 4 heteroatoms. The molecule has 1 aromatic rings. The number of rotatable bonds is 2. The summed E-state index contributed by atoms with van der Waals surface area (Å²) in [5.74, 6) is 0.783. The summed E-state index contributed by atoms with van der Waals surface area (Å²) >= 11 is 0. The average Bonchev–Trinajstić information content (AvgIpc) is 2.28. The van der Waals surface area contributed by atoms with Gasteiger partial charge in [-0.15, -0.1) is 0 Å². The number of hydrazine groups is 1. The summed E-state index contributed by atoms with van der Waals surface area (Å²) in [7, 11) is 0. The van der Waals surface area contributed by atoms with Crippen molar-refractivity contribution in [3.05, 3.63) is 17.8 Å². The minimum Gasteiger partial charge on any atom is -0.396 e. The SMILES string of the molecule is Cc1ccc(N)c(NN2C(C)CCCC2C)n1. The van der Waals surface area contributed by atoms with Crippen molar-refractivity contribution in [1.29, 1.82) is 0 Å². The second-order valence-corrected chi connectivity index (χ2v) is 5.04. The van der Waals surface area contributed by atoms with Gasteiger partial charge in [0.1, 0.15) is 0 Å². The monoisotopic (exact) mass is 234 g/mol. The molecule has 2 atom stereocenters. The van der Waals surface area contributed by atoms with Crippen LogP contribution in [0, 0.1) is 6.92 Å². The van der Waals surface area contributed by atoms with Crippen molar-refractivity contribution in [1.82, 2.24) is 9.99 Å². The molecule has 1 aliphatic heterocycles. The van der Waals surface area contributed by atoms with Gasteiger partial charge in [-0.2, -0.15) is 0 Å². The van der Waals surface area contributed by atoms with Crippen molar-refractivity contribution in [2.75, 3.05) is 11.2 Å². The standard InChI is InChI=1S/C13H22N4/c1-9-7-8-12(14)13(15-9)16-17-10(2)5-4-6-11(17)3/h7-8,10-11H,4-6,14H2,1-3H3,(H,15,16). The number of nitrogens with two attached hydrogens (primary N) is 1. The Morgan fingerprint density at radius 2 is 1.94 bits per heavy atom. The third-order valence-electron chi connectivity index (χ3n) is 3.49. The lowest BCUT2D eigenvalue weighted by Crippen LogP contribution is -2.47. The first kappa shape index (κ1) is 12.2. The molecule has 3 N–H and O–H groups in total. The smallest absolute Gasteiger partial charge is 0.164 e. The van der Waals surface area contributed by atoms with Gasteiger partial charge in [0.25, 0.3) is 0 Å². The fourth-order valence-electron chi connectivity index (χ4n) is 2.42. The van der Waals surface area contributed by atoms with Gasteiger partial charge in [-0.25, -0.2) is 9.99 Å². The molecule has 17 heavy (non-hydrogen) atoms. The van der Waals surface area contributed by atoms with Crippen molar-refractivity contribution >= 4 is 11.5 Å². The van der Waals surface area contributed by atoms with Crippen LogP contribution < -0.4 is 11.2 Å². The summed E-state index contributed by atoms with van der Waals surface area (Å²) in [4.78, 5) is 4.46. The van der Waals surface area contributed by atoms with E-state index in [0.29, 0.717) is 17.8 Å². The minimum atomic E-state index is 0.528. The van der Waals surface area contributed by atoms with Crippen LogP contribution in [0.4, 0.5) is 11.5 Å². The second-order valence-electron chi connectivity index (χ2n) is 5.04. The summed E-state index contributed by atoms with van der Waals surface area (Å²) in [6, 6.07) is 4.90. The fourth-order valence-corrected chi connectivity index (χ4v) is 2.42. The van der Waals surface area contributed by atoms with E-state index in [0.717, 1.165) is 11.5 Å². The molecule has 0 aromatic carbocycles. The molecule has 1 aliphatic rings. The molecule has 4 nitrogen and oxygen atoms in total. The Hall–Kier alpha value is -1.29. The van der Waals surface area contributed by atoms with Crippen LogP contribution in [-0.2, 0) is 0 Å². The van der Waals surface area contributed by atoms with E-state index < -0.39 is 0 Å². The molecule has 1 saturated heterocycles. The van der Waals surface area contributed by atoms with Gasteiger partial charge in [0.05, 0.1) is 5.69 Å². The molecule has 0 bridgehead atoms. The molecule has 1 fully saturated rings.